The van der Waals surface area contributed by atoms with E-state index < -0.39 is 16.1 Å². The van der Waals surface area contributed by atoms with Gasteiger partial charge in [0.25, 0.3) is 5.91 Å². The molecule has 2 aliphatic heterocycles. The third-order valence-corrected chi connectivity index (χ3v) is 7.26. The summed E-state index contributed by atoms with van der Waals surface area (Å²) in [6.45, 7) is 5.95. The van der Waals surface area contributed by atoms with Gasteiger partial charge in [0.2, 0.25) is 10.0 Å². The van der Waals surface area contributed by atoms with Crippen LogP contribution in [0.5, 0.6) is 0 Å². The van der Waals surface area contributed by atoms with Gasteiger partial charge in [0.15, 0.2) is 0 Å². The van der Waals surface area contributed by atoms with E-state index in [4.69, 9.17) is 14.2 Å². The first-order valence-electron chi connectivity index (χ1n) is 10.1. The van der Waals surface area contributed by atoms with Crippen LogP contribution in [0.3, 0.4) is 0 Å². The molecule has 1 aromatic rings. The maximum atomic E-state index is 13.0. The molecule has 1 amide bonds. The second-order valence-electron chi connectivity index (χ2n) is 7.45. The predicted octanol–water partition coefficient (Wildman–Crippen LogP) is 1.93. The number of amides is 1. The number of hydrogen-bond donors (Lipinski definition) is 1. The van der Waals surface area contributed by atoms with Gasteiger partial charge in [0.1, 0.15) is 6.10 Å². The summed E-state index contributed by atoms with van der Waals surface area (Å²) in [5.74, 6) is -0.320. The molecule has 2 fully saturated rings. The molecule has 9 heteroatoms. The van der Waals surface area contributed by atoms with Crippen LogP contribution in [-0.4, -0.2) is 70.4 Å². The number of nitrogens with zero attached hydrogens (tertiary/aromatic N) is 1. The van der Waals surface area contributed by atoms with E-state index in [1.54, 1.807) is 26.0 Å². The molecule has 162 valence electrons. The Morgan fingerprint density at radius 3 is 2.72 bits per heavy atom. The van der Waals surface area contributed by atoms with Gasteiger partial charge in [-0.2, -0.15) is 4.31 Å². The molecule has 0 aromatic heterocycles. The zero-order valence-corrected chi connectivity index (χ0v) is 17.9. The summed E-state index contributed by atoms with van der Waals surface area (Å²) in [4.78, 5) is 12.7. The standard InChI is InChI=1S/C20H30N2O6S/c1-15-6-7-17(13-19(15)29(24,25)22-8-11-26-12-9-22)21-20(23)16(2)28-14-18-5-3-4-10-27-18/h6-7,13,16,18H,3-5,8-12,14H2,1-2H3,(H,21,23). The van der Waals surface area contributed by atoms with Gasteiger partial charge in [-0.25, -0.2) is 8.42 Å². The number of morpholine rings is 1. The lowest BCUT2D eigenvalue weighted by Gasteiger charge is -2.27. The number of sulfonamides is 1. The number of carbonyl (C=O) groups excluding carboxylic acids is 1. The maximum absolute atomic E-state index is 13.0. The van der Waals surface area contributed by atoms with E-state index in [-0.39, 0.29) is 16.9 Å². The second kappa shape index (κ2) is 9.99. The fourth-order valence-electron chi connectivity index (χ4n) is 3.39. The van der Waals surface area contributed by atoms with E-state index in [0.29, 0.717) is 44.2 Å². The number of anilines is 1. The van der Waals surface area contributed by atoms with Crippen molar-refractivity contribution in [3.05, 3.63) is 23.8 Å². The lowest BCUT2D eigenvalue weighted by molar-refractivity contribution is -0.130. The van der Waals surface area contributed by atoms with Crippen molar-refractivity contribution in [2.75, 3.05) is 44.8 Å². The Bertz CT molecular complexity index is 801. The van der Waals surface area contributed by atoms with Crippen LogP contribution in [0, 0.1) is 6.92 Å². The molecule has 3 rings (SSSR count). The molecule has 0 bridgehead atoms. The fourth-order valence-corrected chi connectivity index (χ4v) is 5.05. The first-order chi connectivity index (χ1) is 13.9. The Labute approximate surface area is 172 Å². The molecular formula is C20H30N2O6S. The van der Waals surface area contributed by atoms with E-state index in [1.807, 2.05) is 0 Å². The molecule has 0 radical (unpaired) electrons. The van der Waals surface area contributed by atoms with Crippen molar-refractivity contribution in [1.29, 1.82) is 0 Å². The predicted molar refractivity (Wildman–Crippen MR) is 108 cm³/mol. The smallest absolute Gasteiger partial charge is 0.253 e. The van der Waals surface area contributed by atoms with Crippen LogP contribution in [0.25, 0.3) is 0 Å². The number of carbonyl (C=O) groups is 1. The van der Waals surface area contributed by atoms with Crippen molar-refractivity contribution < 1.29 is 27.4 Å². The van der Waals surface area contributed by atoms with Crippen molar-refractivity contribution in [2.24, 2.45) is 0 Å². The van der Waals surface area contributed by atoms with Crippen molar-refractivity contribution in [3.8, 4) is 0 Å². The van der Waals surface area contributed by atoms with Crippen LogP contribution in [0.1, 0.15) is 31.7 Å². The lowest BCUT2D eigenvalue weighted by atomic mass is 10.1. The van der Waals surface area contributed by atoms with Crippen molar-refractivity contribution >= 4 is 21.6 Å². The van der Waals surface area contributed by atoms with Crippen LogP contribution in [-0.2, 0) is 29.0 Å². The minimum absolute atomic E-state index is 0.0312. The summed E-state index contributed by atoms with van der Waals surface area (Å²) in [5.41, 5.74) is 1.06. The average Bonchev–Trinajstić information content (AvgIpc) is 2.74. The first-order valence-corrected chi connectivity index (χ1v) is 11.5. The summed E-state index contributed by atoms with van der Waals surface area (Å²) in [5, 5.41) is 2.76. The zero-order chi connectivity index (χ0) is 20.9. The SMILES string of the molecule is Cc1ccc(NC(=O)C(C)OCC2CCCCO2)cc1S(=O)(=O)N1CCOCC1. The van der Waals surface area contributed by atoms with Crippen molar-refractivity contribution in [1.82, 2.24) is 4.31 Å². The van der Waals surface area contributed by atoms with E-state index >= 15 is 0 Å². The van der Waals surface area contributed by atoms with Crippen molar-refractivity contribution in [3.63, 3.8) is 0 Å². The number of aryl methyl sites for hydroxylation is 1. The van der Waals surface area contributed by atoms with E-state index in [1.165, 1.54) is 10.4 Å². The molecule has 2 heterocycles. The van der Waals surface area contributed by atoms with Gasteiger partial charge in [0.05, 0.1) is 30.8 Å². The van der Waals surface area contributed by atoms with E-state index in [2.05, 4.69) is 5.32 Å². The van der Waals surface area contributed by atoms with Gasteiger partial charge in [-0.3, -0.25) is 4.79 Å². The molecule has 2 atom stereocenters. The quantitative estimate of drug-likeness (QED) is 0.716. The van der Waals surface area contributed by atoms with Crippen LogP contribution in [0.2, 0.25) is 0 Å². The molecule has 2 aliphatic rings. The zero-order valence-electron chi connectivity index (χ0n) is 17.1. The Balaban J connectivity index is 1.63. The Hall–Kier alpha value is -1.52. The van der Waals surface area contributed by atoms with Gasteiger partial charge in [-0.05, 0) is 50.8 Å². The van der Waals surface area contributed by atoms with E-state index in [0.717, 1.165) is 25.9 Å². The summed E-state index contributed by atoms with van der Waals surface area (Å²) in [6, 6.07) is 4.90. The van der Waals surface area contributed by atoms with Gasteiger partial charge >= 0.3 is 0 Å². The molecule has 2 saturated heterocycles. The van der Waals surface area contributed by atoms with Crippen LogP contribution < -0.4 is 5.32 Å². The third kappa shape index (κ3) is 5.76. The highest BCUT2D eigenvalue weighted by atomic mass is 32.2. The molecule has 0 saturated carbocycles. The van der Waals surface area contributed by atoms with Gasteiger partial charge in [0, 0.05) is 25.4 Å². The van der Waals surface area contributed by atoms with Crippen LogP contribution >= 0.6 is 0 Å². The molecule has 0 spiro atoms. The molecule has 8 nitrogen and oxygen atoms in total. The lowest BCUT2D eigenvalue weighted by Crippen LogP contribution is -2.40. The Morgan fingerprint density at radius 1 is 1.28 bits per heavy atom. The highest BCUT2D eigenvalue weighted by Crippen LogP contribution is 2.24. The highest BCUT2D eigenvalue weighted by molar-refractivity contribution is 7.89. The van der Waals surface area contributed by atoms with Gasteiger partial charge in [-0.1, -0.05) is 6.07 Å². The number of hydrogen-bond acceptors (Lipinski definition) is 6. The summed E-state index contributed by atoms with van der Waals surface area (Å²) < 4.78 is 43.9. The first kappa shape index (κ1) is 22.2. The molecule has 0 aliphatic carbocycles. The van der Waals surface area contributed by atoms with Gasteiger partial charge in [-0.15, -0.1) is 0 Å². The van der Waals surface area contributed by atoms with Crippen LogP contribution in [0.15, 0.2) is 23.1 Å². The monoisotopic (exact) mass is 426 g/mol. The molecule has 29 heavy (non-hydrogen) atoms. The molecule has 2 unspecified atom stereocenters. The fraction of sp³-hybridized carbons (Fsp3) is 0.650. The van der Waals surface area contributed by atoms with E-state index in [9.17, 15) is 13.2 Å². The van der Waals surface area contributed by atoms with Crippen molar-refractivity contribution in [2.45, 2.75) is 50.2 Å². The summed E-state index contributed by atoms with van der Waals surface area (Å²) >= 11 is 0. The maximum Gasteiger partial charge on any atom is 0.253 e. The molecular weight excluding hydrogens is 396 g/mol. The number of nitrogens with one attached hydrogen (secondary N) is 1. The minimum atomic E-state index is -3.64. The highest BCUT2D eigenvalue weighted by Gasteiger charge is 2.28. The number of benzene rings is 1. The minimum Gasteiger partial charge on any atom is -0.379 e. The third-order valence-electron chi connectivity index (χ3n) is 5.22. The Morgan fingerprint density at radius 2 is 2.03 bits per heavy atom. The number of ether oxygens (including phenoxy) is 3. The average molecular weight is 427 g/mol. The molecule has 1 aromatic carbocycles. The normalized spacial score (nSPS) is 22.2. The largest absolute Gasteiger partial charge is 0.379 e. The van der Waals surface area contributed by atoms with Crippen LogP contribution in [0.4, 0.5) is 5.69 Å². The topological polar surface area (TPSA) is 94.2 Å². The van der Waals surface area contributed by atoms with Gasteiger partial charge < -0.3 is 19.5 Å². The summed E-state index contributed by atoms with van der Waals surface area (Å²) in [6.07, 6.45) is 2.48. The summed E-state index contributed by atoms with van der Waals surface area (Å²) in [7, 11) is -3.64. The second-order valence-corrected chi connectivity index (χ2v) is 9.36. The number of rotatable bonds is 7. The molecule has 1 N–H and O–H groups in total. The Kier molecular flexibility index (Phi) is 7.64.